The van der Waals surface area contributed by atoms with Crippen molar-refractivity contribution in [1.29, 1.82) is 0 Å². The summed E-state index contributed by atoms with van der Waals surface area (Å²) in [6, 6.07) is 28.9. The van der Waals surface area contributed by atoms with Crippen molar-refractivity contribution in [2.24, 2.45) is 0 Å². The molecule has 27 heavy (non-hydrogen) atoms. The minimum atomic E-state index is 0.191. The smallest absolute Gasteiger partial charge is 0.133 e. The van der Waals surface area contributed by atoms with Crippen LogP contribution in [-0.4, -0.2) is 7.05 Å². The van der Waals surface area contributed by atoms with Gasteiger partial charge in [-0.1, -0.05) is 60.7 Å². The Bertz CT molecular complexity index is 1220. The van der Waals surface area contributed by atoms with Gasteiger partial charge in [0.05, 0.1) is 17.1 Å². The Morgan fingerprint density at radius 3 is 2.41 bits per heavy atom. The predicted molar refractivity (Wildman–Crippen MR) is 114 cm³/mol. The highest BCUT2D eigenvalue weighted by atomic mass is 15.4. The van der Waals surface area contributed by atoms with Gasteiger partial charge in [0, 0.05) is 18.2 Å². The highest BCUT2D eigenvalue weighted by Crippen LogP contribution is 2.57. The Balaban J connectivity index is 1.76. The summed E-state index contributed by atoms with van der Waals surface area (Å²) in [4.78, 5) is 4.92. The molecular formula is C25H20N2. The van der Waals surface area contributed by atoms with E-state index in [9.17, 15) is 0 Å². The molecule has 0 N–H and O–H groups in total. The minimum absolute atomic E-state index is 0.191. The average Bonchev–Trinajstić information content (AvgIpc) is 3.01. The van der Waals surface area contributed by atoms with Crippen LogP contribution in [0, 0.1) is 6.92 Å². The summed E-state index contributed by atoms with van der Waals surface area (Å²) in [5.74, 6) is 0. The predicted octanol–water partition coefficient (Wildman–Crippen LogP) is 6.42. The lowest BCUT2D eigenvalue weighted by Crippen LogP contribution is -2.33. The van der Waals surface area contributed by atoms with E-state index in [-0.39, 0.29) is 6.17 Å². The van der Waals surface area contributed by atoms with Gasteiger partial charge in [0.1, 0.15) is 6.17 Å². The summed E-state index contributed by atoms with van der Waals surface area (Å²) >= 11 is 0. The summed E-state index contributed by atoms with van der Waals surface area (Å²) in [5.41, 5.74) is 9.26. The third-order valence-corrected chi connectivity index (χ3v) is 6.05. The SMILES string of the molecule is Cc1ccc2c(c1)N1c3ccccc3N(C)C1c1ccc3ccccc3c1-2. The zero-order chi connectivity index (χ0) is 18.1. The maximum Gasteiger partial charge on any atom is 0.133 e. The van der Waals surface area contributed by atoms with E-state index in [2.05, 4.69) is 103 Å². The first-order valence-electron chi connectivity index (χ1n) is 9.48. The Hall–Kier alpha value is -3.26. The molecule has 0 saturated carbocycles. The summed E-state index contributed by atoms with van der Waals surface area (Å²) in [6.07, 6.45) is 0.191. The third-order valence-electron chi connectivity index (χ3n) is 6.05. The van der Waals surface area contributed by atoms with Gasteiger partial charge in [-0.05, 0) is 47.0 Å². The van der Waals surface area contributed by atoms with Crippen molar-refractivity contribution in [2.75, 3.05) is 16.8 Å². The number of rotatable bonds is 0. The number of aryl methyl sites for hydroxylation is 1. The van der Waals surface area contributed by atoms with Crippen molar-refractivity contribution in [1.82, 2.24) is 0 Å². The van der Waals surface area contributed by atoms with Gasteiger partial charge in [-0.2, -0.15) is 0 Å². The molecule has 1 atom stereocenters. The van der Waals surface area contributed by atoms with E-state index in [0.717, 1.165) is 0 Å². The molecule has 0 fully saturated rings. The molecule has 0 bridgehead atoms. The molecule has 2 nitrogen and oxygen atoms in total. The summed E-state index contributed by atoms with van der Waals surface area (Å²) in [5, 5.41) is 2.64. The molecule has 0 saturated heterocycles. The number of hydrogen-bond acceptors (Lipinski definition) is 2. The molecule has 0 aliphatic carbocycles. The molecular weight excluding hydrogens is 328 g/mol. The van der Waals surface area contributed by atoms with Gasteiger partial charge < -0.3 is 9.80 Å². The van der Waals surface area contributed by atoms with Crippen LogP contribution < -0.4 is 9.80 Å². The standard InChI is InChI=1S/C25H20N2/c1-16-11-13-19-23(15-16)27-22-10-6-5-9-21(22)26(2)25(27)20-14-12-17-7-3-4-8-18(17)24(19)20/h3-15,25H,1-2H3. The number of anilines is 3. The molecule has 2 heteroatoms. The van der Waals surface area contributed by atoms with Gasteiger partial charge in [-0.3, -0.25) is 0 Å². The van der Waals surface area contributed by atoms with Crippen LogP contribution >= 0.6 is 0 Å². The molecule has 2 aliphatic heterocycles. The molecule has 0 spiro atoms. The van der Waals surface area contributed by atoms with Crippen LogP contribution in [0.15, 0.2) is 78.9 Å². The number of benzene rings is 4. The second-order valence-corrected chi connectivity index (χ2v) is 7.61. The summed E-state index contributed by atoms with van der Waals surface area (Å²) < 4.78 is 0. The first-order valence-corrected chi connectivity index (χ1v) is 9.48. The average molecular weight is 348 g/mol. The molecule has 0 aromatic heterocycles. The van der Waals surface area contributed by atoms with E-state index >= 15 is 0 Å². The monoisotopic (exact) mass is 348 g/mol. The quantitative estimate of drug-likeness (QED) is 0.362. The van der Waals surface area contributed by atoms with Crippen molar-refractivity contribution in [3.8, 4) is 11.1 Å². The van der Waals surface area contributed by atoms with E-state index in [0.29, 0.717) is 0 Å². The largest absolute Gasteiger partial charge is 0.348 e. The normalized spacial score (nSPS) is 16.7. The summed E-state index contributed by atoms with van der Waals surface area (Å²) in [6.45, 7) is 2.18. The van der Waals surface area contributed by atoms with E-state index in [1.165, 1.54) is 50.1 Å². The van der Waals surface area contributed by atoms with E-state index < -0.39 is 0 Å². The molecule has 4 aromatic carbocycles. The lowest BCUT2D eigenvalue weighted by Gasteiger charge is -2.38. The van der Waals surface area contributed by atoms with Crippen LogP contribution in [0.3, 0.4) is 0 Å². The van der Waals surface area contributed by atoms with Crippen LogP contribution in [0.5, 0.6) is 0 Å². The van der Waals surface area contributed by atoms with E-state index in [4.69, 9.17) is 0 Å². The first-order chi connectivity index (χ1) is 13.2. The molecule has 6 rings (SSSR count). The number of nitrogens with zero attached hydrogens (tertiary/aromatic N) is 2. The van der Waals surface area contributed by atoms with Crippen molar-refractivity contribution >= 4 is 27.8 Å². The lowest BCUT2D eigenvalue weighted by molar-refractivity contribution is 0.714. The molecule has 0 radical (unpaired) electrons. The van der Waals surface area contributed by atoms with Gasteiger partial charge in [-0.15, -0.1) is 0 Å². The number of para-hydroxylation sites is 2. The van der Waals surface area contributed by atoms with Gasteiger partial charge in [0.25, 0.3) is 0 Å². The molecule has 130 valence electrons. The molecule has 2 heterocycles. The number of hydrogen-bond donors (Lipinski definition) is 0. The van der Waals surface area contributed by atoms with Crippen molar-refractivity contribution < 1.29 is 0 Å². The van der Waals surface area contributed by atoms with Crippen LogP contribution in [0.25, 0.3) is 21.9 Å². The molecule has 0 amide bonds. The Morgan fingerprint density at radius 1 is 0.741 bits per heavy atom. The Labute approximate surface area is 159 Å². The van der Waals surface area contributed by atoms with Gasteiger partial charge >= 0.3 is 0 Å². The Morgan fingerprint density at radius 2 is 1.52 bits per heavy atom. The highest BCUT2D eigenvalue weighted by molar-refractivity contribution is 6.06. The highest BCUT2D eigenvalue weighted by Gasteiger charge is 2.41. The van der Waals surface area contributed by atoms with E-state index in [1.54, 1.807) is 0 Å². The van der Waals surface area contributed by atoms with Crippen LogP contribution in [0.2, 0.25) is 0 Å². The van der Waals surface area contributed by atoms with Crippen LogP contribution in [0.4, 0.5) is 17.1 Å². The third kappa shape index (κ3) is 1.85. The zero-order valence-corrected chi connectivity index (χ0v) is 15.5. The van der Waals surface area contributed by atoms with Crippen molar-refractivity contribution in [3.63, 3.8) is 0 Å². The maximum absolute atomic E-state index is 2.51. The van der Waals surface area contributed by atoms with Gasteiger partial charge in [0.2, 0.25) is 0 Å². The fourth-order valence-corrected chi connectivity index (χ4v) is 4.87. The number of fused-ring (bicyclic) bond motifs is 10. The summed E-state index contributed by atoms with van der Waals surface area (Å²) in [7, 11) is 2.21. The second-order valence-electron chi connectivity index (χ2n) is 7.61. The topological polar surface area (TPSA) is 6.48 Å². The van der Waals surface area contributed by atoms with E-state index in [1.807, 2.05) is 0 Å². The fraction of sp³-hybridized carbons (Fsp3) is 0.120. The van der Waals surface area contributed by atoms with Crippen molar-refractivity contribution in [2.45, 2.75) is 13.1 Å². The lowest BCUT2D eigenvalue weighted by atomic mass is 9.86. The molecule has 1 unspecified atom stereocenters. The maximum atomic E-state index is 2.51. The van der Waals surface area contributed by atoms with Crippen LogP contribution in [0.1, 0.15) is 17.3 Å². The molecule has 2 aliphatic rings. The Kier molecular flexibility index (Phi) is 2.83. The second kappa shape index (κ2) is 5.14. The van der Waals surface area contributed by atoms with Crippen molar-refractivity contribution in [3.05, 3.63) is 90.0 Å². The fourth-order valence-electron chi connectivity index (χ4n) is 4.87. The minimum Gasteiger partial charge on any atom is -0.348 e. The van der Waals surface area contributed by atoms with Gasteiger partial charge in [-0.25, -0.2) is 0 Å². The van der Waals surface area contributed by atoms with Gasteiger partial charge in [0.15, 0.2) is 0 Å². The van der Waals surface area contributed by atoms with Crippen LogP contribution in [-0.2, 0) is 0 Å². The zero-order valence-electron chi connectivity index (χ0n) is 15.5. The molecule has 4 aromatic rings. The first kappa shape index (κ1) is 14.9.